The average Bonchev–Trinajstić information content (AvgIpc) is 3.38. The molecule has 1 aromatic heterocycles. The normalized spacial score (nSPS) is 30.6. The molecule has 3 aliphatic rings. The van der Waals surface area contributed by atoms with Crippen molar-refractivity contribution < 1.29 is 19.0 Å². The summed E-state index contributed by atoms with van der Waals surface area (Å²) in [7, 11) is 0. The highest BCUT2D eigenvalue weighted by Gasteiger charge is 2.47. The van der Waals surface area contributed by atoms with Gasteiger partial charge in [0.2, 0.25) is 5.85 Å². The summed E-state index contributed by atoms with van der Waals surface area (Å²) in [6.45, 7) is 0.0974. The minimum absolute atomic E-state index is 0.0588. The largest absolute Gasteiger partial charge is 0.481 e. The van der Waals surface area contributed by atoms with Gasteiger partial charge in [0.25, 0.3) is 0 Å². The van der Waals surface area contributed by atoms with E-state index in [9.17, 15) is 4.79 Å². The van der Waals surface area contributed by atoms with Gasteiger partial charge in [0.05, 0.1) is 23.2 Å². The van der Waals surface area contributed by atoms with Crippen LogP contribution in [-0.4, -0.2) is 27.2 Å². The van der Waals surface area contributed by atoms with Gasteiger partial charge in [-0.2, -0.15) is 0 Å². The number of alkyl halides is 1. The molecule has 4 rings (SSSR count). The second kappa shape index (κ2) is 7.16. The molecule has 6 heteroatoms. The molecule has 0 saturated heterocycles. The van der Waals surface area contributed by atoms with E-state index >= 15 is 4.39 Å². The predicted molar refractivity (Wildman–Crippen MR) is 97.4 cm³/mol. The van der Waals surface area contributed by atoms with Crippen molar-refractivity contribution in [1.82, 2.24) is 4.98 Å². The quantitative estimate of drug-likeness (QED) is 0.759. The van der Waals surface area contributed by atoms with Gasteiger partial charge in [-0.05, 0) is 43.4 Å². The Morgan fingerprint density at radius 2 is 2.27 bits per heavy atom. The zero-order valence-electron chi connectivity index (χ0n) is 14.4. The molecule has 1 aromatic rings. The van der Waals surface area contributed by atoms with E-state index in [-0.39, 0.29) is 24.9 Å². The van der Waals surface area contributed by atoms with Crippen molar-refractivity contribution in [2.75, 3.05) is 0 Å². The van der Waals surface area contributed by atoms with Crippen molar-refractivity contribution in [3.05, 3.63) is 47.7 Å². The summed E-state index contributed by atoms with van der Waals surface area (Å²) in [5, 5.41) is 10.7. The molecule has 0 aliphatic heterocycles. The SMILES string of the molecule is O=C(O)C1CC1C1=CC=CC(F)(OCc2cccc(SC3CCC3)n2)C1. The van der Waals surface area contributed by atoms with E-state index in [1.54, 1.807) is 17.8 Å². The Balaban J connectivity index is 1.34. The van der Waals surface area contributed by atoms with Gasteiger partial charge >= 0.3 is 5.97 Å². The van der Waals surface area contributed by atoms with Crippen LogP contribution in [0.3, 0.4) is 0 Å². The lowest BCUT2D eigenvalue weighted by molar-refractivity contribution is -0.139. The third-order valence-electron chi connectivity index (χ3n) is 5.27. The summed E-state index contributed by atoms with van der Waals surface area (Å²) in [5.41, 5.74) is 1.54. The van der Waals surface area contributed by atoms with Crippen LogP contribution in [0.2, 0.25) is 0 Å². The van der Waals surface area contributed by atoms with Gasteiger partial charge in [0.15, 0.2) is 0 Å². The Morgan fingerprint density at radius 1 is 1.42 bits per heavy atom. The number of thioether (sulfide) groups is 1. The second-order valence-electron chi connectivity index (χ2n) is 7.28. The molecular formula is C20H22FNO3S. The van der Waals surface area contributed by atoms with Crippen LogP contribution in [0.25, 0.3) is 0 Å². The standard InChI is InChI=1S/C20H22FNO3S/c21-20(9-3-4-13(11-20)16-10-17(16)19(23)24)25-12-14-5-1-8-18(22-14)26-15-6-2-7-15/h1,3-5,8-9,15-17H,2,6-7,10-12H2,(H,23,24). The van der Waals surface area contributed by atoms with Crippen LogP contribution in [-0.2, 0) is 16.1 Å². The van der Waals surface area contributed by atoms with Gasteiger partial charge in [-0.25, -0.2) is 9.37 Å². The number of carbonyl (C=O) groups is 1. The van der Waals surface area contributed by atoms with Crippen molar-refractivity contribution in [3.8, 4) is 0 Å². The van der Waals surface area contributed by atoms with Crippen LogP contribution in [0.5, 0.6) is 0 Å². The Hall–Kier alpha value is -1.66. The number of allylic oxidation sites excluding steroid dienone is 2. The highest BCUT2D eigenvalue weighted by atomic mass is 32.2. The van der Waals surface area contributed by atoms with Gasteiger partial charge in [0.1, 0.15) is 0 Å². The summed E-state index contributed by atoms with van der Waals surface area (Å²) in [5.74, 6) is -3.13. The molecule has 3 aliphatic carbocycles. The van der Waals surface area contributed by atoms with Gasteiger partial charge in [-0.3, -0.25) is 4.79 Å². The maximum Gasteiger partial charge on any atom is 0.307 e. The first kappa shape index (κ1) is 17.7. The zero-order chi connectivity index (χ0) is 18.1. The number of carboxylic acids is 1. The molecule has 0 aromatic carbocycles. The van der Waals surface area contributed by atoms with Gasteiger partial charge in [0, 0.05) is 11.7 Å². The molecule has 3 unspecified atom stereocenters. The summed E-state index contributed by atoms with van der Waals surface area (Å²) in [6, 6.07) is 5.76. The van der Waals surface area contributed by atoms with Crippen LogP contribution in [0, 0.1) is 11.8 Å². The molecule has 1 N–H and O–H groups in total. The molecular weight excluding hydrogens is 353 g/mol. The van der Waals surface area contributed by atoms with Crippen LogP contribution < -0.4 is 0 Å². The van der Waals surface area contributed by atoms with E-state index in [4.69, 9.17) is 9.84 Å². The number of hydrogen-bond acceptors (Lipinski definition) is 4. The first-order chi connectivity index (χ1) is 12.5. The molecule has 0 spiro atoms. The van der Waals surface area contributed by atoms with Crippen LogP contribution in [0.15, 0.2) is 47.0 Å². The molecule has 1 heterocycles. The maximum absolute atomic E-state index is 15.1. The molecule has 0 radical (unpaired) electrons. The Labute approximate surface area is 156 Å². The third-order valence-corrected chi connectivity index (χ3v) is 6.54. The van der Waals surface area contributed by atoms with Crippen LogP contribution in [0.4, 0.5) is 4.39 Å². The van der Waals surface area contributed by atoms with E-state index in [1.807, 2.05) is 24.3 Å². The number of halogens is 1. The van der Waals surface area contributed by atoms with E-state index in [2.05, 4.69) is 4.98 Å². The molecule has 26 heavy (non-hydrogen) atoms. The first-order valence-electron chi connectivity index (χ1n) is 9.09. The molecule has 2 saturated carbocycles. The topological polar surface area (TPSA) is 59.4 Å². The third kappa shape index (κ3) is 4.01. The number of aromatic nitrogens is 1. The van der Waals surface area contributed by atoms with E-state index < -0.39 is 11.8 Å². The Morgan fingerprint density at radius 3 is 2.96 bits per heavy atom. The molecule has 3 atom stereocenters. The maximum atomic E-state index is 15.1. The van der Waals surface area contributed by atoms with Crippen LogP contribution >= 0.6 is 11.8 Å². The first-order valence-corrected chi connectivity index (χ1v) is 9.97. The molecule has 2 fully saturated rings. The van der Waals surface area contributed by atoms with Crippen molar-refractivity contribution in [2.45, 2.75) is 54.8 Å². The fraction of sp³-hybridized carbons (Fsp3) is 0.500. The summed E-state index contributed by atoms with van der Waals surface area (Å²) in [6.07, 6.45) is 9.30. The van der Waals surface area contributed by atoms with Crippen molar-refractivity contribution in [3.63, 3.8) is 0 Å². The molecule has 4 nitrogen and oxygen atoms in total. The molecule has 0 bridgehead atoms. The highest BCUT2D eigenvalue weighted by Crippen LogP contribution is 2.48. The highest BCUT2D eigenvalue weighted by molar-refractivity contribution is 7.99. The average molecular weight is 375 g/mol. The van der Waals surface area contributed by atoms with Gasteiger partial charge in [-0.15, -0.1) is 11.8 Å². The number of pyridine rings is 1. The predicted octanol–water partition coefficient (Wildman–Crippen LogP) is 4.52. The summed E-state index contributed by atoms with van der Waals surface area (Å²) >= 11 is 1.78. The number of rotatable bonds is 7. The molecule has 138 valence electrons. The van der Waals surface area contributed by atoms with Crippen molar-refractivity contribution in [1.29, 1.82) is 0 Å². The lowest BCUT2D eigenvalue weighted by Gasteiger charge is -2.26. The fourth-order valence-corrected chi connectivity index (χ4v) is 4.64. The number of nitrogens with zero attached hydrogens (tertiary/aromatic N) is 1. The van der Waals surface area contributed by atoms with Crippen LogP contribution in [0.1, 0.15) is 37.8 Å². The van der Waals surface area contributed by atoms with E-state index in [1.165, 1.54) is 25.3 Å². The van der Waals surface area contributed by atoms with Gasteiger partial charge in [-0.1, -0.05) is 30.2 Å². The molecule has 0 amide bonds. The lowest BCUT2D eigenvalue weighted by atomic mass is 9.96. The minimum Gasteiger partial charge on any atom is -0.481 e. The number of aliphatic carboxylic acids is 1. The summed E-state index contributed by atoms with van der Waals surface area (Å²) in [4.78, 5) is 15.6. The fourth-order valence-electron chi connectivity index (χ4n) is 3.40. The number of carboxylic acid groups (broad SMARTS) is 1. The zero-order valence-corrected chi connectivity index (χ0v) is 15.3. The number of ether oxygens (including phenoxy) is 1. The second-order valence-corrected chi connectivity index (χ2v) is 8.60. The smallest absolute Gasteiger partial charge is 0.307 e. The lowest BCUT2D eigenvalue weighted by Crippen LogP contribution is -2.27. The summed E-state index contributed by atoms with van der Waals surface area (Å²) < 4.78 is 20.6. The monoisotopic (exact) mass is 375 g/mol. The number of hydrogen-bond donors (Lipinski definition) is 1. The van der Waals surface area contributed by atoms with E-state index in [0.29, 0.717) is 17.4 Å². The Kier molecular flexibility index (Phi) is 4.88. The van der Waals surface area contributed by atoms with Crippen molar-refractivity contribution >= 4 is 17.7 Å². The van der Waals surface area contributed by atoms with Crippen molar-refractivity contribution in [2.24, 2.45) is 11.8 Å². The van der Waals surface area contributed by atoms with E-state index in [0.717, 1.165) is 10.6 Å². The Bertz CT molecular complexity index is 761. The van der Waals surface area contributed by atoms with Gasteiger partial charge < -0.3 is 9.84 Å². The minimum atomic E-state index is -1.89.